The first-order valence-corrected chi connectivity index (χ1v) is 6.55. The summed E-state index contributed by atoms with van der Waals surface area (Å²) < 4.78 is 0. The number of amides is 1. The van der Waals surface area contributed by atoms with E-state index in [9.17, 15) is 4.79 Å². The van der Waals surface area contributed by atoms with E-state index in [-0.39, 0.29) is 5.91 Å². The summed E-state index contributed by atoms with van der Waals surface area (Å²) in [6.07, 6.45) is 4.51. The van der Waals surface area contributed by atoms with Gasteiger partial charge in [0.2, 0.25) is 5.91 Å². The Labute approximate surface area is 108 Å². The molecule has 2 heterocycles. The monoisotopic (exact) mass is 248 g/mol. The summed E-state index contributed by atoms with van der Waals surface area (Å²) in [5, 5.41) is 2.89. The van der Waals surface area contributed by atoms with Crippen LogP contribution in [0.5, 0.6) is 0 Å². The van der Waals surface area contributed by atoms with E-state index in [0.717, 1.165) is 37.6 Å². The van der Waals surface area contributed by atoms with Gasteiger partial charge in [-0.25, -0.2) is 9.97 Å². The molecular formula is C13H20N4O. The van der Waals surface area contributed by atoms with Gasteiger partial charge in [0.05, 0.1) is 0 Å². The van der Waals surface area contributed by atoms with Crippen LogP contribution in [0.1, 0.15) is 31.2 Å². The molecule has 1 N–H and O–H groups in total. The minimum absolute atomic E-state index is 0.125. The highest BCUT2D eigenvalue weighted by Crippen LogP contribution is 2.19. The highest BCUT2D eigenvalue weighted by Gasteiger charge is 2.17. The average molecular weight is 248 g/mol. The number of aryl methyl sites for hydroxylation is 2. The Morgan fingerprint density at radius 3 is 3.06 bits per heavy atom. The Morgan fingerprint density at radius 1 is 1.44 bits per heavy atom. The summed E-state index contributed by atoms with van der Waals surface area (Å²) >= 11 is 0. The third kappa shape index (κ3) is 2.97. The van der Waals surface area contributed by atoms with Crippen molar-refractivity contribution < 1.29 is 4.79 Å². The van der Waals surface area contributed by atoms with E-state index in [0.29, 0.717) is 13.0 Å². The van der Waals surface area contributed by atoms with Crippen molar-refractivity contribution >= 4 is 11.7 Å². The molecule has 1 aliphatic rings. The number of anilines is 1. The molecular weight excluding hydrogens is 228 g/mol. The van der Waals surface area contributed by atoms with Crippen molar-refractivity contribution in [3.63, 3.8) is 0 Å². The van der Waals surface area contributed by atoms with Crippen molar-refractivity contribution in [3.05, 3.63) is 17.6 Å². The van der Waals surface area contributed by atoms with Crippen LogP contribution in [0.3, 0.4) is 0 Å². The van der Waals surface area contributed by atoms with Crippen LogP contribution >= 0.6 is 0 Å². The molecule has 0 bridgehead atoms. The third-order valence-electron chi connectivity index (χ3n) is 3.09. The Hall–Kier alpha value is -1.65. The summed E-state index contributed by atoms with van der Waals surface area (Å²) in [7, 11) is 0. The van der Waals surface area contributed by atoms with Gasteiger partial charge in [-0.05, 0) is 13.3 Å². The molecule has 5 heteroatoms. The molecule has 1 saturated heterocycles. The van der Waals surface area contributed by atoms with Crippen LogP contribution in [0.15, 0.2) is 6.20 Å². The molecule has 0 aliphatic carbocycles. The highest BCUT2D eigenvalue weighted by molar-refractivity contribution is 5.77. The first-order chi connectivity index (χ1) is 8.70. The fourth-order valence-corrected chi connectivity index (χ4v) is 2.18. The van der Waals surface area contributed by atoms with Gasteiger partial charge in [-0.2, -0.15) is 0 Å². The molecule has 1 fully saturated rings. The number of carbonyl (C=O) groups is 1. The quantitative estimate of drug-likeness (QED) is 0.869. The van der Waals surface area contributed by atoms with Crippen LogP contribution in [-0.2, 0) is 11.2 Å². The summed E-state index contributed by atoms with van der Waals surface area (Å²) in [5.74, 6) is 1.91. The Bertz CT molecular complexity index is 433. The van der Waals surface area contributed by atoms with Crippen LogP contribution in [0.25, 0.3) is 0 Å². The van der Waals surface area contributed by atoms with E-state index >= 15 is 0 Å². The molecule has 5 nitrogen and oxygen atoms in total. The number of hydrogen-bond donors (Lipinski definition) is 1. The summed E-state index contributed by atoms with van der Waals surface area (Å²) in [5.41, 5.74) is 1.18. The second-order valence-electron chi connectivity index (χ2n) is 4.60. The summed E-state index contributed by atoms with van der Waals surface area (Å²) in [6.45, 7) is 6.29. The van der Waals surface area contributed by atoms with E-state index < -0.39 is 0 Å². The van der Waals surface area contributed by atoms with E-state index in [1.54, 1.807) is 0 Å². The molecule has 0 radical (unpaired) electrons. The lowest BCUT2D eigenvalue weighted by molar-refractivity contribution is -0.120. The van der Waals surface area contributed by atoms with Crippen molar-refractivity contribution in [2.75, 3.05) is 24.5 Å². The molecule has 0 unspecified atom stereocenters. The molecule has 98 valence electrons. The predicted molar refractivity (Wildman–Crippen MR) is 70.6 cm³/mol. The first kappa shape index (κ1) is 12.8. The van der Waals surface area contributed by atoms with Crippen LogP contribution < -0.4 is 10.2 Å². The predicted octanol–water partition coefficient (Wildman–Crippen LogP) is 1.06. The summed E-state index contributed by atoms with van der Waals surface area (Å²) in [4.78, 5) is 22.4. The number of carbonyl (C=O) groups excluding carboxylic acids is 1. The van der Waals surface area contributed by atoms with Crippen LogP contribution in [0.4, 0.5) is 5.82 Å². The van der Waals surface area contributed by atoms with Gasteiger partial charge in [0.1, 0.15) is 11.6 Å². The second kappa shape index (κ2) is 5.80. The molecule has 18 heavy (non-hydrogen) atoms. The SMILES string of the molecule is CCCc1cnc(C)nc1N1CCNC(=O)CC1. The lowest BCUT2D eigenvalue weighted by atomic mass is 10.1. The van der Waals surface area contributed by atoms with E-state index in [1.807, 2.05) is 13.1 Å². The van der Waals surface area contributed by atoms with Gasteiger partial charge >= 0.3 is 0 Å². The first-order valence-electron chi connectivity index (χ1n) is 6.55. The topological polar surface area (TPSA) is 58.1 Å². The largest absolute Gasteiger partial charge is 0.354 e. The third-order valence-corrected chi connectivity index (χ3v) is 3.09. The number of nitrogens with one attached hydrogen (secondary N) is 1. The minimum Gasteiger partial charge on any atom is -0.354 e. The van der Waals surface area contributed by atoms with Crippen molar-refractivity contribution in [2.45, 2.75) is 33.1 Å². The molecule has 0 atom stereocenters. The molecule has 0 saturated carbocycles. The lowest BCUT2D eigenvalue weighted by Crippen LogP contribution is -2.30. The van der Waals surface area contributed by atoms with E-state index in [4.69, 9.17) is 0 Å². The number of nitrogens with zero attached hydrogens (tertiary/aromatic N) is 3. The summed E-state index contributed by atoms with van der Waals surface area (Å²) in [6, 6.07) is 0. The number of rotatable bonds is 3. The zero-order valence-corrected chi connectivity index (χ0v) is 11.1. The molecule has 0 aromatic carbocycles. The number of hydrogen-bond acceptors (Lipinski definition) is 4. The Morgan fingerprint density at radius 2 is 2.28 bits per heavy atom. The Balaban J connectivity index is 2.24. The van der Waals surface area contributed by atoms with Gasteiger partial charge in [-0.1, -0.05) is 13.3 Å². The molecule has 1 aliphatic heterocycles. The fraction of sp³-hybridized carbons (Fsp3) is 0.615. The van der Waals surface area contributed by atoms with Crippen LogP contribution in [0.2, 0.25) is 0 Å². The van der Waals surface area contributed by atoms with Crippen molar-refractivity contribution in [1.29, 1.82) is 0 Å². The zero-order valence-electron chi connectivity index (χ0n) is 11.1. The van der Waals surface area contributed by atoms with Crippen molar-refractivity contribution in [2.24, 2.45) is 0 Å². The van der Waals surface area contributed by atoms with Gasteiger partial charge in [-0.15, -0.1) is 0 Å². The fourth-order valence-electron chi connectivity index (χ4n) is 2.18. The zero-order chi connectivity index (χ0) is 13.0. The van der Waals surface area contributed by atoms with Gasteiger partial charge in [0.15, 0.2) is 0 Å². The molecule has 1 aromatic rings. The molecule has 0 spiro atoms. The van der Waals surface area contributed by atoms with Crippen molar-refractivity contribution in [3.8, 4) is 0 Å². The maximum atomic E-state index is 11.4. The normalized spacial score (nSPS) is 16.3. The second-order valence-corrected chi connectivity index (χ2v) is 4.60. The minimum atomic E-state index is 0.125. The van der Waals surface area contributed by atoms with Gasteiger partial charge in [0.25, 0.3) is 0 Å². The molecule has 2 rings (SSSR count). The van der Waals surface area contributed by atoms with Crippen LogP contribution in [0, 0.1) is 6.92 Å². The van der Waals surface area contributed by atoms with Gasteiger partial charge < -0.3 is 10.2 Å². The van der Waals surface area contributed by atoms with Crippen LogP contribution in [-0.4, -0.2) is 35.5 Å². The van der Waals surface area contributed by atoms with E-state index in [2.05, 4.69) is 27.1 Å². The smallest absolute Gasteiger partial charge is 0.221 e. The van der Waals surface area contributed by atoms with Crippen molar-refractivity contribution in [1.82, 2.24) is 15.3 Å². The number of aromatic nitrogens is 2. The van der Waals surface area contributed by atoms with Gasteiger partial charge in [0, 0.05) is 37.8 Å². The van der Waals surface area contributed by atoms with Gasteiger partial charge in [-0.3, -0.25) is 4.79 Å². The Kier molecular flexibility index (Phi) is 4.12. The molecule has 1 amide bonds. The maximum absolute atomic E-state index is 11.4. The average Bonchev–Trinajstić information content (AvgIpc) is 2.57. The van der Waals surface area contributed by atoms with E-state index in [1.165, 1.54) is 5.56 Å². The highest BCUT2D eigenvalue weighted by atomic mass is 16.1. The molecule has 1 aromatic heterocycles. The lowest BCUT2D eigenvalue weighted by Gasteiger charge is -2.23. The maximum Gasteiger partial charge on any atom is 0.221 e. The standard InChI is InChI=1S/C13H20N4O/c1-3-4-11-9-15-10(2)16-13(11)17-7-5-12(18)14-6-8-17/h9H,3-8H2,1-2H3,(H,14,18).